The van der Waals surface area contributed by atoms with Gasteiger partial charge in [-0.2, -0.15) is 0 Å². The van der Waals surface area contributed by atoms with Gasteiger partial charge in [-0.25, -0.2) is 0 Å². The number of anilines is 1. The molecule has 3 rings (SSSR count). The van der Waals surface area contributed by atoms with E-state index in [9.17, 15) is 4.79 Å². The fourth-order valence-electron chi connectivity index (χ4n) is 3.07. The van der Waals surface area contributed by atoms with Gasteiger partial charge in [0.05, 0.1) is 19.3 Å². The topological polar surface area (TPSA) is 32.8 Å². The molecule has 0 saturated carbocycles. The fraction of sp³-hybridized carbons (Fsp3) is 0.350. The van der Waals surface area contributed by atoms with Gasteiger partial charge >= 0.3 is 0 Å². The molecule has 0 N–H and O–H groups in total. The van der Waals surface area contributed by atoms with Crippen LogP contribution in [0.1, 0.15) is 15.9 Å². The molecule has 4 nitrogen and oxygen atoms in total. The van der Waals surface area contributed by atoms with Crippen LogP contribution in [0.25, 0.3) is 0 Å². The minimum Gasteiger partial charge on any atom is -0.495 e. The predicted molar refractivity (Wildman–Crippen MR) is 97.2 cm³/mol. The molecule has 1 aliphatic rings. The van der Waals surface area contributed by atoms with Crippen molar-refractivity contribution in [2.24, 2.45) is 0 Å². The second-order valence-corrected chi connectivity index (χ2v) is 6.22. The van der Waals surface area contributed by atoms with E-state index in [1.165, 1.54) is 5.56 Å². The summed E-state index contributed by atoms with van der Waals surface area (Å²) in [5.74, 6) is 1.10. The van der Waals surface area contributed by atoms with Crippen molar-refractivity contribution in [3.8, 4) is 5.75 Å². The van der Waals surface area contributed by atoms with Gasteiger partial charge in [-0.15, -0.1) is 0 Å². The van der Waals surface area contributed by atoms with Gasteiger partial charge in [0.15, 0.2) is 5.78 Å². The highest BCUT2D eigenvalue weighted by Gasteiger charge is 2.21. The lowest BCUT2D eigenvalue weighted by molar-refractivity contribution is 0.0926. The molecule has 1 aliphatic heterocycles. The lowest BCUT2D eigenvalue weighted by atomic mass is 10.1. The number of piperazine rings is 1. The molecule has 1 heterocycles. The van der Waals surface area contributed by atoms with Gasteiger partial charge in [0.1, 0.15) is 5.75 Å². The second-order valence-electron chi connectivity index (χ2n) is 6.22. The van der Waals surface area contributed by atoms with Crippen LogP contribution in [-0.2, 0) is 0 Å². The number of nitrogens with zero attached hydrogens (tertiary/aromatic N) is 2. The van der Waals surface area contributed by atoms with E-state index < -0.39 is 0 Å². The standard InChI is InChI=1S/C20H24N2O2/c1-16-7-9-17(10-8-16)19(23)15-21-11-13-22(14-12-21)18-5-3-4-6-20(18)24-2/h3-10H,11-15H2,1-2H3. The minimum atomic E-state index is 0.195. The zero-order valence-electron chi connectivity index (χ0n) is 14.4. The van der Waals surface area contributed by atoms with Crippen LogP contribution in [0.4, 0.5) is 5.69 Å². The molecular formula is C20H24N2O2. The molecule has 0 bridgehead atoms. The minimum absolute atomic E-state index is 0.195. The number of rotatable bonds is 5. The number of hydrogen-bond acceptors (Lipinski definition) is 4. The molecule has 24 heavy (non-hydrogen) atoms. The van der Waals surface area contributed by atoms with Crippen molar-refractivity contribution in [1.29, 1.82) is 0 Å². The van der Waals surface area contributed by atoms with Crippen molar-refractivity contribution in [2.75, 3.05) is 44.7 Å². The van der Waals surface area contributed by atoms with Gasteiger partial charge < -0.3 is 9.64 Å². The smallest absolute Gasteiger partial charge is 0.176 e. The summed E-state index contributed by atoms with van der Waals surface area (Å²) in [6.07, 6.45) is 0. The third kappa shape index (κ3) is 3.77. The maximum atomic E-state index is 12.4. The van der Waals surface area contributed by atoms with E-state index >= 15 is 0 Å². The quantitative estimate of drug-likeness (QED) is 0.792. The molecule has 0 spiro atoms. The average Bonchev–Trinajstić information content (AvgIpc) is 2.63. The Morgan fingerprint density at radius 1 is 1.00 bits per heavy atom. The van der Waals surface area contributed by atoms with Crippen molar-refractivity contribution in [3.05, 3.63) is 59.7 Å². The fourth-order valence-corrected chi connectivity index (χ4v) is 3.07. The molecule has 0 radical (unpaired) electrons. The Morgan fingerprint density at radius 3 is 2.33 bits per heavy atom. The van der Waals surface area contributed by atoms with Crippen molar-refractivity contribution in [3.63, 3.8) is 0 Å². The molecule has 2 aromatic rings. The SMILES string of the molecule is COc1ccccc1N1CCN(CC(=O)c2ccc(C)cc2)CC1. The van der Waals surface area contributed by atoms with E-state index in [1.807, 2.05) is 49.4 Å². The van der Waals surface area contributed by atoms with E-state index in [1.54, 1.807) is 7.11 Å². The third-order valence-electron chi connectivity index (χ3n) is 4.54. The number of para-hydroxylation sites is 2. The van der Waals surface area contributed by atoms with Gasteiger partial charge in [-0.05, 0) is 19.1 Å². The first kappa shape index (κ1) is 16.5. The molecule has 1 fully saturated rings. The number of Topliss-reactive ketones (excluding diaryl/α,β-unsaturated/α-hetero) is 1. The lowest BCUT2D eigenvalue weighted by Gasteiger charge is -2.36. The van der Waals surface area contributed by atoms with Crippen LogP contribution < -0.4 is 9.64 Å². The van der Waals surface area contributed by atoms with Crippen LogP contribution in [0.5, 0.6) is 5.75 Å². The highest BCUT2D eigenvalue weighted by atomic mass is 16.5. The lowest BCUT2D eigenvalue weighted by Crippen LogP contribution is -2.48. The molecule has 1 saturated heterocycles. The number of hydrogen-bond donors (Lipinski definition) is 0. The van der Waals surface area contributed by atoms with Crippen molar-refractivity contribution in [2.45, 2.75) is 6.92 Å². The first-order valence-corrected chi connectivity index (χ1v) is 8.37. The first-order valence-electron chi connectivity index (χ1n) is 8.37. The average molecular weight is 324 g/mol. The number of aryl methyl sites for hydroxylation is 1. The Morgan fingerprint density at radius 2 is 1.67 bits per heavy atom. The van der Waals surface area contributed by atoms with Gasteiger partial charge in [-0.1, -0.05) is 42.0 Å². The highest BCUT2D eigenvalue weighted by molar-refractivity contribution is 5.97. The number of ketones is 1. The zero-order valence-corrected chi connectivity index (χ0v) is 14.4. The van der Waals surface area contributed by atoms with Crippen molar-refractivity contribution >= 4 is 11.5 Å². The molecule has 0 aromatic heterocycles. The third-order valence-corrected chi connectivity index (χ3v) is 4.54. The number of carbonyl (C=O) groups is 1. The Kier molecular flexibility index (Phi) is 5.16. The normalized spacial score (nSPS) is 15.3. The number of methoxy groups -OCH3 is 1. The molecular weight excluding hydrogens is 300 g/mol. The highest BCUT2D eigenvalue weighted by Crippen LogP contribution is 2.28. The van der Waals surface area contributed by atoms with Gasteiger partial charge in [0.25, 0.3) is 0 Å². The first-order chi connectivity index (χ1) is 11.7. The molecule has 0 unspecified atom stereocenters. The Hall–Kier alpha value is -2.33. The van der Waals surface area contributed by atoms with Gasteiger partial charge in [0, 0.05) is 31.7 Å². The monoisotopic (exact) mass is 324 g/mol. The van der Waals surface area contributed by atoms with Crippen LogP contribution >= 0.6 is 0 Å². The number of ether oxygens (including phenoxy) is 1. The summed E-state index contributed by atoms with van der Waals surface area (Å²) >= 11 is 0. The number of carbonyl (C=O) groups excluding carboxylic acids is 1. The van der Waals surface area contributed by atoms with E-state index in [4.69, 9.17) is 4.74 Å². The second kappa shape index (κ2) is 7.49. The van der Waals surface area contributed by atoms with Crippen molar-refractivity contribution in [1.82, 2.24) is 4.90 Å². The van der Waals surface area contributed by atoms with Crippen LogP contribution in [-0.4, -0.2) is 50.5 Å². The van der Waals surface area contributed by atoms with Crippen LogP contribution in [0.15, 0.2) is 48.5 Å². The van der Waals surface area contributed by atoms with Crippen LogP contribution in [0, 0.1) is 6.92 Å². The molecule has 4 heteroatoms. The molecule has 0 aliphatic carbocycles. The Balaban J connectivity index is 1.57. The zero-order chi connectivity index (χ0) is 16.9. The summed E-state index contributed by atoms with van der Waals surface area (Å²) < 4.78 is 5.45. The maximum absolute atomic E-state index is 12.4. The summed E-state index contributed by atoms with van der Waals surface area (Å²) in [7, 11) is 1.70. The van der Waals surface area contributed by atoms with E-state index in [0.717, 1.165) is 43.2 Å². The van der Waals surface area contributed by atoms with E-state index in [0.29, 0.717) is 6.54 Å². The summed E-state index contributed by atoms with van der Waals surface area (Å²) in [5.41, 5.74) is 3.11. The van der Waals surface area contributed by atoms with Gasteiger partial charge in [-0.3, -0.25) is 9.69 Å². The molecule has 0 amide bonds. The molecule has 2 aromatic carbocycles. The predicted octanol–water partition coefficient (Wildman–Crippen LogP) is 3.01. The van der Waals surface area contributed by atoms with Crippen LogP contribution in [0.2, 0.25) is 0 Å². The summed E-state index contributed by atoms with van der Waals surface area (Å²) in [4.78, 5) is 17.0. The Labute approximate surface area is 143 Å². The van der Waals surface area contributed by atoms with E-state index in [2.05, 4.69) is 15.9 Å². The molecule has 126 valence electrons. The maximum Gasteiger partial charge on any atom is 0.176 e. The van der Waals surface area contributed by atoms with E-state index in [-0.39, 0.29) is 5.78 Å². The number of benzene rings is 2. The van der Waals surface area contributed by atoms with Crippen molar-refractivity contribution < 1.29 is 9.53 Å². The summed E-state index contributed by atoms with van der Waals surface area (Å²) in [5, 5.41) is 0. The van der Waals surface area contributed by atoms with Gasteiger partial charge in [0.2, 0.25) is 0 Å². The largest absolute Gasteiger partial charge is 0.495 e. The Bertz CT molecular complexity index is 689. The molecule has 0 atom stereocenters. The summed E-state index contributed by atoms with van der Waals surface area (Å²) in [6.45, 7) is 6.10. The summed E-state index contributed by atoms with van der Waals surface area (Å²) in [6, 6.07) is 15.9. The van der Waals surface area contributed by atoms with Crippen LogP contribution in [0.3, 0.4) is 0 Å².